The Morgan fingerprint density at radius 2 is 1.88 bits per heavy atom. The zero-order chi connectivity index (χ0) is 17.6. The summed E-state index contributed by atoms with van der Waals surface area (Å²) in [6.45, 7) is 1.82. The van der Waals surface area contributed by atoms with E-state index in [2.05, 4.69) is 10.3 Å². The smallest absolute Gasteiger partial charge is 0.319 e. The number of urea groups is 1. The van der Waals surface area contributed by atoms with Gasteiger partial charge in [-0.3, -0.25) is 9.69 Å². The molecule has 1 fully saturated rings. The molecule has 3 aromatic rings. The molecule has 2 aromatic carbocycles. The van der Waals surface area contributed by atoms with Gasteiger partial charge in [-0.1, -0.05) is 41.9 Å². The van der Waals surface area contributed by atoms with Crippen LogP contribution in [0.5, 0.6) is 0 Å². The third-order valence-electron chi connectivity index (χ3n) is 4.32. The predicted octanol–water partition coefficient (Wildman–Crippen LogP) is 3.92. The summed E-state index contributed by atoms with van der Waals surface area (Å²) in [5, 5.41) is 3.93. The molecule has 0 bridgehead atoms. The van der Waals surface area contributed by atoms with Gasteiger partial charge in [-0.15, -0.1) is 11.3 Å². The van der Waals surface area contributed by atoms with Gasteiger partial charge in [0.2, 0.25) is 0 Å². The summed E-state index contributed by atoms with van der Waals surface area (Å²) in [4.78, 5) is 31.1. The van der Waals surface area contributed by atoms with Crippen LogP contribution in [-0.2, 0) is 16.9 Å². The largest absolute Gasteiger partial charge is 0.325 e. The molecule has 25 heavy (non-hydrogen) atoms. The number of rotatable bonds is 3. The molecule has 1 aromatic heterocycles. The average Bonchev–Trinajstić information content (AvgIpc) is 3.10. The standard InChI is InChI=1S/C18H14ClN3O2S/c1-18(11-6-2-3-7-12(11)19)16(23)22(17(24)21-18)10-15-20-13-8-4-5-9-14(13)25-15/h2-9H,10H2,1H3,(H,21,24). The lowest BCUT2D eigenvalue weighted by molar-refractivity contribution is -0.131. The highest BCUT2D eigenvalue weighted by molar-refractivity contribution is 7.18. The third-order valence-corrected chi connectivity index (χ3v) is 5.67. The van der Waals surface area contributed by atoms with Crippen LogP contribution in [0.25, 0.3) is 10.2 Å². The molecule has 126 valence electrons. The van der Waals surface area contributed by atoms with Gasteiger partial charge in [0.25, 0.3) is 5.91 Å². The maximum absolute atomic E-state index is 13.0. The van der Waals surface area contributed by atoms with E-state index in [0.717, 1.165) is 10.2 Å². The molecule has 0 radical (unpaired) electrons. The monoisotopic (exact) mass is 371 g/mol. The molecule has 4 rings (SSSR count). The molecule has 1 aliphatic heterocycles. The lowest BCUT2D eigenvalue weighted by atomic mass is 9.92. The zero-order valence-electron chi connectivity index (χ0n) is 13.3. The second-order valence-electron chi connectivity index (χ2n) is 6.00. The Bertz CT molecular complexity index is 970. The van der Waals surface area contributed by atoms with Crippen LogP contribution in [0.2, 0.25) is 5.02 Å². The van der Waals surface area contributed by atoms with Crippen LogP contribution >= 0.6 is 22.9 Å². The number of para-hydroxylation sites is 1. The van der Waals surface area contributed by atoms with Crippen LogP contribution in [0, 0.1) is 0 Å². The van der Waals surface area contributed by atoms with E-state index in [4.69, 9.17) is 11.6 Å². The molecule has 7 heteroatoms. The molecule has 0 spiro atoms. The van der Waals surface area contributed by atoms with Crippen molar-refractivity contribution in [2.24, 2.45) is 0 Å². The SMILES string of the molecule is CC1(c2ccccc2Cl)NC(=O)N(Cc2nc3ccccc3s2)C1=O. The molecule has 0 aliphatic carbocycles. The van der Waals surface area contributed by atoms with E-state index in [9.17, 15) is 9.59 Å². The second-order valence-corrected chi connectivity index (χ2v) is 7.52. The Morgan fingerprint density at radius 1 is 1.16 bits per heavy atom. The van der Waals surface area contributed by atoms with Gasteiger partial charge in [0.05, 0.1) is 16.8 Å². The number of nitrogens with one attached hydrogen (secondary N) is 1. The van der Waals surface area contributed by atoms with Crippen molar-refractivity contribution in [3.63, 3.8) is 0 Å². The van der Waals surface area contributed by atoms with Gasteiger partial charge < -0.3 is 5.32 Å². The van der Waals surface area contributed by atoms with E-state index in [-0.39, 0.29) is 12.5 Å². The molecule has 1 saturated heterocycles. The van der Waals surface area contributed by atoms with Crippen LogP contribution in [0.3, 0.4) is 0 Å². The van der Waals surface area contributed by atoms with Gasteiger partial charge in [-0.2, -0.15) is 0 Å². The number of nitrogens with zero attached hydrogens (tertiary/aromatic N) is 2. The molecule has 0 saturated carbocycles. The average molecular weight is 372 g/mol. The highest BCUT2D eigenvalue weighted by Crippen LogP contribution is 2.34. The van der Waals surface area contributed by atoms with Crippen molar-refractivity contribution in [1.29, 1.82) is 0 Å². The van der Waals surface area contributed by atoms with Crippen LogP contribution < -0.4 is 5.32 Å². The van der Waals surface area contributed by atoms with Crippen molar-refractivity contribution >= 4 is 45.1 Å². The van der Waals surface area contributed by atoms with Gasteiger partial charge in [0.15, 0.2) is 0 Å². The molecule has 1 aliphatic rings. The predicted molar refractivity (Wildman–Crippen MR) is 97.5 cm³/mol. The van der Waals surface area contributed by atoms with E-state index >= 15 is 0 Å². The van der Waals surface area contributed by atoms with E-state index in [1.165, 1.54) is 16.2 Å². The second kappa shape index (κ2) is 5.82. The number of hydrogen-bond donors (Lipinski definition) is 1. The molecule has 1 atom stereocenters. The van der Waals surface area contributed by atoms with E-state index < -0.39 is 11.6 Å². The lowest BCUT2D eigenvalue weighted by Gasteiger charge is -2.23. The Balaban J connectivity index is 1.66. The van der Waals surface area contributed by atoms with Gasteiger partial charge in [0.1, 0.15) is 10.5 Å². The summed E-state index contributed by atoms with van der Waals surface area (Å²) in [7, 11) is 0. The minimum Gasteiger partial charge on any atom is -0.319 e. The minimum atomic E-state index is -1.17. The first-order chi connectivity index (χ1) is 12.0. The zero-order valence-corrected chi connectivity index (χ0v) is 14.9. The number of carbonyl (C=O) groups excluding carboxylic acids is 2. The Hall–Kier alpha value is -2.44. The number of aromatic nitrogens is 1. The summed E-state index contributed by atoms with van der Waals surface area (Å²) in [6.07, 6.45) is 0. The number of hydrogen-bond acceptors (Lipinski definition) is 4. The van der Waals surface area contributed by atoms with Crippen molar-refractivity contribution in [1.82, 2.24) is 15.2 Å². The van der Waals surface area contributed by atoms with E-state index in [1.54, 1.807) is 31.2 Å². The summed E-state index contributed by atoms with van der Waals surface area (Å²) < 4.78 is 1.03. The third kappa shape index (κ3) is 2.58. The van der Waals surface area contributed by atoms with E-state index in [1.807, 2.05) is 24.3 Å². The molecule has 5 nitrogen and oxygen atoms in total. The first-order valence-electron chi connectivity index (χ1n) is 7.72. The number of thiazole rings is 1. The Morgan fingerprint density at radius 3 is 2.64 bits per heavy atom. The normalized spacial score (nSPS) is 20.3. The molecule has 1 unspecified atom stereocenters. The lowest BCUT2D eigenvalue weighted by Crippen LogP contribution is -2.41. The first kappa shape index (κ1) is 16.1. The quantitative estimate of drug-likeness (QED) is 0.710. The van der Waals surface area contributed by atoms with Crippen LogP contribution in [0.4, 0.5) is 4.79 Å². The minimum absolute atomic E-state index is 0.143. The molecule has 3 amide bonds. The fourth-order valence-electron chi connectivity index (χ4n) is 3.01. The molecule has 1 N–H and O–H groups in total. The Labute approximate surface area is 153 Å². The maximum Gasteiger partial charge on any atom is 0.325 e. The van der Waals surface area contributed by atoms with Crippen molar-refractivity contribution in [2.45, 2.75) is 19.0 Å². The molecule has 2 heterocycles. The highest BCUT2D eigenvalue weighted by atomic mass is 35.5. The summed E-state index contributed by atoms with van der Waals surface area (Å²) in [6, 6.07) is 14.3. The van der Waals surface area contributed by atoms with Crippen molar-refractivity contribution < 1.29 is 9.59 Å². The van der Waals surface area contributed by atoms with Crippen molar-refractivity contribution in [3.8, 4) is 0 Å². The molecular formula is C18H14ClN3O2S. The van der Waals surface area contributed by atoms with Crippen molar-refractivity contribution in [2.75, 3.05) is 0 Å². The first-order valence-corrected chi connectivity index (χ1v) is 8.92. The topological polar surface area (TPSA) is 62.3 Å². The van der Waals surface area contributed by atoms with Gasteiger partial charge in [-0.05, 0) is 25.1 Å². The number of fused-ring (bicyclic) bond motifs is 1. The van der Waals surface area contributed by atoms with Crippen LogP contribution in [-0.4, -0.2) is 21.8 Å². The van der Waals surface area contributed by atoms with Crippen molar-refractivity contribution in [3.05, 3.63) is 64.1 Å². The number of carbonyl (C=O) groups is 2. The van der Waals surface area contributed by atoms with Gasteiger partial charge in [-0.25, -0.2) is 9.78 Å². The summed E-state index contributed by atoms with van der Waals surface area (Å²) in [5.74, 6) is -0.329. The molecular weight excluding hydrogens is 358 g/mol. The fraction of sp³-hybridized carbons (Fsp3) is 0.167. The summed E-state index contributed by atoms with van der Waals surface area (Å²) in [5.41, 5.74) is 0.275. The summed E-state index contributed by atoms with van der Waals surface area (Å²) >= 11 is 7.71. The number of benzene rings is 2. The van der Waals surface area contributed by atoms with Gasteiger partial charge in [0, 0.05) is 10.6 Å². The van der Waals surface area contributed by atoms with E-state index in [0.29, 0.717) is 15.6 Å². The number of halogens is 1. The number of amides is 3. The van der Waals surface area contributed by atoms with Gasteiger partial charge >= 0.3 is 6.03 Å². The fourth-order valence-corrected chi connectivity index (χ4v) is 4.29. The Kier molecular flexibility index (Phi) is 3.74. The highest BCUT2D eigenvalue weighted by Gasteiger charge is 2.50. The van der Waals surface area contributed by atoms with Crippen LogP contribution in [0.1, 0.15) is 17.5 Å². The maximum atomic E-state index is 13.0. The number of imide groups is 1. The van der Waals surface area contributed by atoms with Crippen LogP contribution in [0.15, 0.2) is 48.5 Å².